The van der Waals surface area contributed by atoms with Gasteiger partial charge >= 0.3 is 17.9 Å². The summed E-state index contributed by atoms with van der Waals surface area (Å²) in [5.41, 5.74) is -0.366. The number of phenolic OH excluding ortho intramolecular Hbond substituents is 1. The molecule has 2 aromatic carbocycles. The average Bonchev–Trinajstić information content (AvgIpc) is 3.34. The van der Waals surface area contributed by atoms with E-state index in [4.69, 9.17) is 61.3 Å². The number of hydrogen-bond donors (Lipinski definition) is 10. The lowest BCUT2D eigenvalue weighted by atomic mass is 9.96. The van der Waals surface area contributed by atoms with Gasteiger partial charge in [-0.15, -0.1) is 0 Å². The summed E-state index contributed by atoms with van der Waals surface area (Å²) in [4.78, 5) is 49.4. The molecule has 10 N–H and O–H groups in total. The zero-order valence-corrected chi connectivity index (χ0v) is 39.6. The van der Waals surface area contributed by atoms with Crippen LogP contribution < -0.4 is 14.9 Å². The molecule has 3 aromatic rings. The fourth-order valence-electron chi connectivity index (χ4n) is 8.73. The van der Waals surface area contributed by atoms with E-state index < -0.39 is 172 Å². The molecular formula is C46H58O27. The molecule has 1 aromatic heterocycles. The van der Waals surface area contributed by atoms with Crippen LogP contribution in [-0.2, 0) is 61.8 Å². The second kappa shape index (κ2) is 23.6. The van der Waals surface area contributed by atoms with Gasteiger partial charge in [-0.3, -0.25) is 19.2 Å². The lowest BCUT2D eigenvalue weighted by Gasteiger charge is -2.48. The van der Waals surface area contributed by atoms with Crippen LogP contribution in [0.1, 0.15) is 27.7 Å². The molecule has 27 heteroatoms. The molecule has 7 rings (SSSR count). The molecule has 27 nitrogen and oxygen atoms in total. The van der Waals surface area contributed by atoms with Crippen molar-refractivity contribution in [1.29, 1.82) is 0 Å². The van der Waals surface area contributed by atoms with E-state index in [1.165, 1.54) is 20.1 Å². The lowest BCUT2D eigenvalue weighted by Crippen LogP contribution is -2.67. The molecule has 0 amide bonds. The number of aliphatic hydroxyl groups is 9. The van der Waals surface area contributed by atoms with Crippen molar-refractivity contribution in [3.8, 4) is 28.6 Å². The minimum absolute atomic E-state index is 0.0845. The normalized spacial score (nSPS) is 36.7. The van der Waals surface area contributed by atoms with Crippen molar-refractivity contribution in [3.63, 3.8) is 0 Å². The molecular weight excluding hydrogens is 984 g/mol. The van der Waals surface area contributed by atoms with Crippen LogP contribution in [0, 0.1) is 0 Å². The molecule has 4 aliphatic rings. The highest BCUT2D eigenvalue weighted by molar-refractivity contribution is 5.86. The molecule has 0 radical (unpaired) electrons. The Morgan fingerprint density at radius 2 is 1.12 bits per heavy atom. The Bertz CT molecular complexity index is 2430. The summed E-state index contributed by atoms with van der Waals surface area (Å²) < 4.78 is 74.0. The van der Waals surface area contributed by atoms with Crippen molar-refractivity contribution < 1.29 is 127 Å². The van der Waals surface area contributed by atoms with Crippen molar-refractivity contribution in [2.75, 3.05) is 26.9 Å². The summed E-state index contributed by atoms with van der Waals surface area (Å²) >= 11 is 0. The van der Waals surface area contributed by atoms with Crippen molar-refractivity contribution in [2.45, 2.75) is 151 Å². The Morgan fingerprint density at radius 3 is 1.71 bits per heavy atom. The first-order valence-corrected chi connectivity index (χ1v) is 22.8. The highest BCUT2D eigenvalue weighted by Gasteiger charge is 2.56. The quantitative estimate of drug-likeness (QED) is 0.0493. The predicted octanol–water partition coefficient (Wildman–Crippen LogP) is -3.43. The van der Waals surface area contributed by atoms with Gasteiger partial charge in [0, 0.05) is 44.5 Å². The number of fused-ring (bicyclic) bond motifs is 1. The molecule has 4 saturated heterocycles. The summed E-state index contributed by atoms with van der Waals surface area (Å²) in [6.45, 7) is 1.85. The van der Waals surface area contributed by atoms with Crippen molar-refractivity contribution in [2.24, 2.45) is 0 Å². The maximum atomic E-state index is 13.2. The molecule has 4 aliphatic heterocycles. The van der Waals surface area contributed by atoms with Crippen LogP contribution in [0.25, 0.3) is 22.3 Å². The van der Waals surface area contributed by atoms with E-state index in [1.807, 2.05) is 0 Å². The molecule has 73 heavy (non-hydrogen) atoms. The Morgan fingerprint density at radius 1 is 0.575 bits per heavy atom. The van der Waals surface area contributed by atoms with E-state index in [2.05, 4.69) is 0 Å². The van der Waals surface area contributed by atoms with Crippen molar-refractivity contribution >= 4 is 28.9 Å². The van der Waals surface area contributed by atoms with Crippen LogP contribution >= 0.6 is 0 Å². The van der Waals surface area contributed by atoms with Crippen LogP contribution in [0.2, 0.25) is 0 Å². The Hall–Kier alpha value is -5.18. The van der Waals surface area contributed by atoms with Gasteiger partial charge in [-0.05, 0) is 31.2 Å². The first kappa shape index (κ1) is 55.6. The molecule has 0 bridgehead atoms. The van der Waals surface area contributed by atoms with Gasteiger partial charge in [0.05, 0.1) is 33.0 Å². The highest BCUT2D eigenvalue weighted by Crippen LogP contribution is 2.37. The van der Waals surface area contributed by atoms with Crippen LogP contribution in [0.3, 0.4) is 0 Å². The Labute approximate surface area is 413 Å². The molecule has 4 fully saturated rings. The number of ether oxygens (including phenoxy) is 12. The number of methoxy groups -OCH3 is 1. The molecule has 20 atom stereocenters. The highest BCUT2D eigenvalue weighted by atomic mass is 16.8. The van der Waals surface area contributed by atoms with Gasteiger partial charge in [-0.25, -0.2) is 0 Å². The van der Waals surface area contributed by atoms with E-state index in [-0.39, 0.29) is 22.5 Å². The zero-order chi connectivity index (χ0) is 53.2. The molecule has 0 saturated carbocycles. The number of phenols is 1. The van der Waals surface area contributed by atoms with E-state index in [1.54, 1.807) is 24.3 Å². The van der Waals surface area contributed by atoms with Crippen LogP contribution in [-0.4, -0.2) is 219 Å². The minimum atomic E-state index is -2.13. The molecule has 0 aliphatic carbocycles. The van der Waals surface area contributed by atoms with Gasteiger partial charge in [0.15, 0.2) is 48.7 Å². The first-order valence-electron chi connectivity index (χ1n) is 22.8. The summed E-state index contributed by atoms with van der Waals surface area (Å²) in [7, 11) is 1.47. The SMILES string of the molecule is COc1ccc(-c2cc(=O)c3c(O)cc(O[C@H]4O[C@@H](CO)[C@H](O)[C@@H](O)[C@@H]4O[C@H]4O[C@@H](CO)[C@H](O)[C@@H](O)[C@@H]4O[C@H]4O[C@@H](CO[C@H]5O[C@@H](C)[C@H](OC(C)=O)[C@@H](O)[C@@H]5OC(C)=O)[C@H](O)[C@@H](OC(C)=O)[C@@H]4O)cc3o2)cc1. The molecule has 0 spiro atoms. The number of aromatic hydroxyl groups is 1. The second-order valence-corrected chi connectivity index (χ2v) is 17.5. The van der Waals surface area contributed by atoms with Gasteiger partial charge < -0.3 is 112 Å². The van der Waals surface area contributed by atoms with Gasteiger partial charge in [0.2, 0.25) is 6.29 Å². The number of hydrogen-bond acceptors (Lipinski definition) is 27. The summed E-state index contributed by atoms with van der Waals surface area (Å²) in [5.74, 6) is -3.00. The first-order chi connectivity index (χ1) is 34.6. The topological polar surface area (TPSA) is 394 Å². The second-order valence-electron chi connectivity index (χ2n) is 17.5. The third-order valence-corrected chi connectivity index (χ3v) is 12.4. The van der Waals surface area contributed by atoms with Gasteiger partial charge in [-0.2, -0.15) is 0 Å². The fraction of sp³-hybridized carbons (Fsp3) is 0.609. The van der Waals surface area contributed by atoms with Gasteiger partial charge in [0.1, 0.15) is 101 Å². The van der Waals surface area contributed by atoms with Crippen LogP contribution in [0.4, 0.5) is 0 Å². The smallest absolute Gasteiger partial charge is 0.303 e. The number of carbonyl (C=O) groups is 3. The summed E-state index contributed by atoms with van der Waals surface area (Å²) in [5, 5.41) is 110. The van der Waals surface area contributed by atoms with E-state index in [0.717, 1.165) is 32.9 Å². The molecule has 0 unspecified atom stereocenters. The third kappa shape index (κ3) is 12.2. The van der Waals surface area contributed by atoms with Gasteiger partial charge in [-0.1, -0.05) is 0 Å². The lowest BCUT2D eigenvalue weighted by molar-refractivity contribution is -0.391. The number of aliphatic hydroxyl groups excluding tert-OH is 9. The fourth-order valence-corrected chi connectivity index (χ4v) is 8.73. The van der Waals surface area contributed by atoms with E-state index >= 15 is 0 Å². The third-order valence-electron chi connectivity index (χ3n) is 12.4. The standard InChI is InChI=1S/C46H58O27/c1-16-38(64-17(2)49)36(59)42(66-19(4)51)44(63-16)62-15-29-33(56)39(65-18(3)50)37(60)43(71-29)72-41-35(58)32(55)28(14-48)70-46(41)73-40-34(57)31(54)27(13-47)69-45(40)67-22-10-23(52)30-24(53)12-25(68-26(30)11-22)20-6-8-21(61-5)9-7-20/h6-12,16,27-29,31-48,52,54-60H,13-15H2,1-5H3/t16-,27-,28-,29-,31-,32-,33-,34+,35+,36+,37-,38-,39+,40-,41-,42-,43+,44-,45-,46+/m0/s1. The summed E-state index contributed by atoms with van der Waals surface area (Å²) in [6.07, 6.45) is -36.3. The van der Waals surface area contributed by atoms with Crippen molar-refractivity contribution in [1.82, 2.24) is 0 Å². The maximum Gasteiger partial charge on any atom is 0.303 e. The summed E-state index contributed by atoms with van der Waals surface area (Å²) in [6, 6.07) is 9.84. The van der Waals surface area contributed by atoms with Crippen molar-refractivity contribution in [3.05, 3.63) is 52.7 Å². The minimum Gasteiger partial charge on any atom is -0.507 e. The Balaban J connectivity index is 1.16. The number of rotatable bonds is 16. The molecule has 5 heterocycles. The predicted molar refractivity (Wildman–Crippen MR) is 236 cm³/mol. The number of esters is 3. The zero-order valence-electron chi connectivity index (χ0n) is 39.6. The largest absolute Gasteiger partial charge is 0.507 e. The van der Waals surface area contributed by atoms with E-state index in [9.17, 15) is 70.2 Å². The monoisotopic (exact) mass is 1040 g/mol. The maximum absolute atomic E-state index is 13.2. The van der Waals surface area contributed by atoms with E-state index in [0.29, 0.717) is 11.3 Å². The van der Waals surface area contributed by atoms with Gasteiger partial charge in [0.25, 0.3) is 0 Å². The number of carbonyl (C=O) groups excluding carboxylic acids is 3. The Kier molecular flexibility index (Phi) is 17.9. The van der Waals surface area contributed by atoms with Crippen LogP contribution in [0.15, 0.2) is 51.7 Å². The number of benzene rings is 2. The molecule has 404 valence electrons. The average molecular weight is 1040 g/mol. The van der Waals surface area contributed by atoms with Crippen LogP contribution in [0.5, 0.6) is 17.2 Å².